The first-order valence-corrected chi connectivity index (χ1v) is 4.88. The van der Waals surface area contributed by atoms with Crippen molar-refractivity contribution >= 4 is 11.9 Å². The molecule has 0 aromatic heterocycles. The van der Waals surface area contributed by atoms with Gasteiger partial charge in [0.25, 0.3) is 0 Å². The van der Waals surface area contributed by atoms with E-state index in [1.165, 1.54) is 6.42 Å². The van der Waals surface area contributed by atoms with E-state index in [0.29, 0.717) is 0 Å². The Bertz CT molecular complexity index is 206. The number of esters is 2. The van der Waals surface area contributed by atoms with E-state index < -0.39 is 11.9 Å². The molecule has 4 nitrogen and oxygen atoms in total. The minimum Gasteiger partial charge on any atom is -0.460 e. The Kier molecular flexibility index (Phi) is 4.43. The minimum atomic E-state index is -0.492. The summed E-state index contributed by atoms with van der Waals surface area (Å²) in [7, 11) is 0. The molecule has 0 aromatic carbocycles. The van der Waals surface area contributed by atoms with E-state index in [9.17, 15) is 9.59 Å². The smallest absolute Gasteiger partial charge is 0.344 e. The van der Waals surface area contributed by atoms with E-state index in [1.807, 2.05) is 0 Å². The standard InChI is InChI=1S/C10H15O4/c1-2-9(11)13-7-10(12)14-8-5-3-4-6-8/h2,8H,3-7H2,1H3. The second-order valence-electron chi connectivity index (χ2n) is 3.29. The van der Waals surface area contributed by atoms with Gasteiger partial charge in [0.15, 0.2) is 6.61 Å². The molecular weight excluding hydrogens is 184 g/mol. The van der Waals surface area contributed by atoms with Gasteiger partial charge in [-0.25, -0.2) is 4.79 Å². The zero-order valence-corrected chi connectivity index (χ0v) is 8.32. The van der Waals surface area contributed by atoms with Crippen LogP contribution >= 0.6 is 0 Å². The van der Waals surface area contributed by atoms with Gasteiger partial charge in [-0.15, -0.1) is 0 Å². The molecule has 1 aliphatic rings. The van der Waals surface area contributed by atoms with Crippen LogP contribution < -0.4 is 0 Å². The number of ether oxygens (including phenoxy) is 2. The molecule has 1 saturated carbocycles. The van der Waals surface area contributed by atoms with Crippen molar-refractivity contribution in [3.63, 3.8) is 0 Å². The second kappa shape index (κ2) is 5.62. The van der Waals surface area contributed by atoms with E-state index in [1.54, 1.807) is 6.92 Å². The van der Waals surface area contributed by atoms with Gasteiger partial charge >= 0.3 is 11.9 Å². The third kappa shape index (κ3) is 3.77. The van der Waals surface area contributed by atoms with Crippen molar-refractivity contribution < 1.29 is 19.1 Å². The molecule has 0 bridgehead atoms. The molecule has 0 atom stereocenters. The number of carbonyl (C=O) groups excluding carboxylic acids is 2. The van der Waals surface area contributed by atoms with Gasteiger partial charge in [0.1, 0.15) is 6.10 Å². The van der Waals surface area contributed by atoms with Crippen LogP contribution in [0.25, 0.3) is 0 Å². The molecule has 79 valence electrons. The maximum absolute atomic E-state index is 11.1. The first-order valence-electron chi connectivity index (χ1n) is 4.88. The average Bonchev–Trinajstić information content (AvgIpc) is 2.66. The number of carbonyl (C=O) groups is 2. The van der Waals surface area contributed by atoms with Crippen molar-refractivity contribution in [1.29, 1.82) is 0 Å². The Morgan fingerprint density at radius 3 is 2.57 bits per heavy atom. The molecule has 1 radical (unpaired) electrons. The highest BCUT2D eigenvalue weighted by Gasteiger charge is 2.19. The van der Waals surface area contributed by atoms with Crippen LogP contribution in [0.4, 0.5) is 0 Å². The van der Waals surface area contributed by atoms with Crippen LogP contribution in [0.3, 0.4) is 0 Å². The topological polar surface area (TPSA) is 52.6 Å². The normalized spacial score (nSPS) is 16.6. The Balaban J connectivity index is 2.12. The van der Waals surface area contributed by atoms with Gasteiger partial charge in [-0.05, 0) is 25.7 Å². The molecule has 0 aliphatic heterocycles. The van der Waals surface area contributed by atoms with Crippen molar-refractivity contribution in [1.82, 2.24) is 0 Å². The summed E-state index contributed by atoms with van der Waals surface area (Å²) in [5.74, 6) is -0.944. The first kappa shape index (κ1) is 11.0. The second-order valence-corrected chi connectivity index (χ2v) is 3.29. The Morgan fingerprint density at radius 1 is 1.36 bits per heavy atom. The SMILES string of the molecule is C[CH]C(=O)OCC(=O)OC1CCCC1. The third-order valence-electron chi connectivity index (χ3n) is 2.17. The molecule has 0 amide bonds. The molecule has 1 fully saturated rings. The lowest BCUT2D eigenvalue weighted by Crippen LogP contribution is -2.20. The summed E-state index contributed by atoms with van der Waals surface area (Å²) in [5.41, 5.74) is 0. The number of rotatable bonds is 4. The lowest BCUT2D eigenvalue weighted by atomic mass is 10.3. The molecule has 0 heterocycles. The summed E-state index contributed by atoms with van der Waals surface area (Å²) < 4.78 is 9.67. The monoisotopic (exact) mass is 199 g/mol. The predicted octanol–water partition coefficient (Wildman–Crippen LogP) is 1.24. The van der Waals surface area contributed by atoms with Gasteiger partial charge in [-0.2, -0.15) is 0 Å². The van der Waals surface area contributed by atoms with Crippen molar-refractivity contribution in [2.75, 3.05) is 6.61 Å². The quantitative estimate of drug-likeness (QED) is 0.639. The van der Waals surface area contributed by atoms with Crippen LogP contribution in [0.5, 0.6) is 0 Å². The van der Waals surface area contributed by atoms with E-state index in [2.05, 4.69) is 4.74 Å². The van der Waals surface area contributed by atoms with Crippen LogP contribution in [0.15, 0.2) is 0 Å². The molecule has 1 rings (SSSR count). The van der Waals surface area contributed by atoms with Gasteiger partial charge < -0.3 is 9.47 Å². The van der Waals surface area contributed by atoms with Crippen LogP contribution in [0, 0.1) is 6.42 Å². The first-order chi connectivity index (χ1) is 6.72. The largest absolute Gasteiger partial charge is 0.460 e. The number of hydrogen-bond donors (Lipinski definition) is 0. The van der Waals surface area contributed by atoms with Gasteiger partial charge in [-0.1, -0.05) is 6.92 Å². The van der Waals surface area contributed by atoms with Crippen molar-refractivity contribution in [3.8, 4) is 0 Å². The summed E-state index contributed by atoms with van der Waals surface area (Å²) >= 11 is 0. The van der Waals surface area contributed by atoms with E-state index in [0.717, 1.165) is 25.7 Å². The third-order valence-corrected chi connectivity index (χ3v) is 2.17. The van der Waals surface area contributed by atoms with E-state index in [-0.39, 0.29) is 12.7 Å². The molecule has 0 unspecified atom stereocenters. The highest BCUT2D eigenvalue weighted by atomic mass is 16.6. The van der Waals surface area contributed by atoms with Gasteiger partial charge in [0.2, 0.25) is 0 Å². The zero-order chi connectivity index (χ0) is 10.4. The maximum Gasteiger partial charge on any atom is 0.344 e. The lowest BCUT2D eigenvalue weighted by Gasteiger charge is -2.10. The molecule has 0 aromatic rings. The average molecular weight is 199 g/mol. The maximum atomic E-state index is 11.1. The summed E-state index contributed by atoms with van der Waals surface area (Å²) in [6.07, 6.45) is 5.38. The molecule has 14 heavy (non-hydrogen) atoms. The number of hydrogen-bond acceptors (Lipinski definition) is 4. The Hall–Kier alpha value is -1.06. The van der Waals surface area contributed by atoms with Gasteiger partial charge in [0, 0.05) is 0 Å². The minimum absolute atomic E-state index is 0.0341. The molecule has 0 spiro atoms. The van der Waals surface area contributed by atoms with Gasteiger partial charge in [-0.3, -0.25) is 4.79 Å². The predicted molar refractivity (Wildman–Crippen MR) is 49.3 cm³/mol. The fourth-order valence-corrected chi connectivity index (χ4v) is 1.44. The van der Waals surface area contributed by atoms with Gasteiger partial charge in [0.05, 0.1) is 6.42 Å². The fraction of sp³-hybridized carbons (Fsp3) is 0.700. The van der Waals surface area contributed by atoms with Crippen LogP contribution in [0.2, 0.25) is 0 Å². The summed E-state index contributed by atoms with van der Waals surface area (Å²) in [4.78, 5) is 21.8. The molecule has 4 heteroatoms. The molecular formula is C10H15O4. The zero-order valence-electron chi connectivity index (χ0n) is 8.32. The van der Waals surface area contributed by atoms with Crippen molar-refractivity contribution in [3.05, 3.63) is 6.42 Å². The highest BCUT2D eigenvalue weighted by Crippen LogP contribution is 2.20. The van der Waals surface area contributed by atoms with E-state index >= 15 is 0 Å². The summed E-state index contributed by atoms with van der Waals surface area (Å²) in [6.45, 7) is 1.28. The summed E-state index contributed by atoms with van der Waals surface area (Å²) in [6, 6.07) is 0. The Morgan fingerprint density at radius 2 is 2.00 bits per heavy atom. The Labute approximate surface area is 83.6 Å². The van der Waals surface area contributed by atoms with E-state index in [4.69, 9.17) is 4.74 Å². The van der Waals surface area contributed by atoms with Crippen molar-refractivity contribution in [2.24, 2.45) is 0 Å². The van der Waals surface area contributed by atoms with Crippen LogP contribution in [-0.4, -0.2) is 24.6 Å². The summed E-state index contributed by atoms with van der Waals surface area (Å²) in [5, 5.41) is 0. The van der Waals surface area contributed by atoms with Crippen LogP contribution in [0.1, 0.15) is 32.6 Å². The molecule has 0 saturated heterocycles. The fourth-order valence-electron chi connectivity index (χ4n) is 1.44. The van der Waals surface area contributed by atoms with Crippen molar-refractivity contribution in [2.45, 2.75) is 38.7 Å². The van der Waals surface area contributed by atoms with Crippen LogP contribution in [-0.2, 0) is 19.1 Å². The highest BCUT2D eigenvalue weighted by molar-refractivity contribution is 5.81. The lowest BCUT2D eigenvalue weighted by molar-refractivity contribution is -0.160. The molecule has 1 aliphatic carbocycles. The molecule has 0 N–H and O–H groups in total.